The highest BCUT2D eigenvalue weighted by molar-refractivity contribution is 7.11. The lowest BCUT2D eigenvalue weighted by Crippen LogP contribution is -2.37. The van der Waals surface area contributed by atoms with Crippen molar-refractivity contribution in [2.45, 2.75) is 19.6 Å². The number of rotatable bonds is 5. The van der Waals surface area contributed by atoms with Gasteiger partial charge in [-0.25, -0.2) is 4.79 Å². The number of aromatic nitrogens is 4. The Bertz CT molecular complexity index is 1030. The van der Waals surface area contributed by atoms with Crippen LogP contribution in [0.1, 0.15) is 23.4 Å². The Balaban J connectivity index is 1.71. The van der Waals surface area contributed by atoms with Gasteiger partial charge in [0.2, 0.25) is 5.95 Å². The van der Waals surface area contributed by atoms with Crippen LogP contribution in [0.15, 0.2) is 53.0 Å². The number of nitrogens with zero attached hydrogens (tertiary/aromatic N) is 4. The summed E-state index contributed by atoms with van der Waals surface area (Å²) in [5, 5.41) is 35.7. The second-order valence-electron chi connectivity index (χ2n) is 6.19. The van der Waals surface area contributed by atoms with Crippen LogP contribution < -0.4 is 10.8 Å². The molecule has 1 atom stereocenters. The van der Waals surface area contributed by atoms with Crippen LogP contribution in [-0.2, 0) is 16.1 Å². The maximum absolute atomic E-state index is 13.0. The van der Waals surface area contributed by atoms with E-state index < -0.39 is 19.1 Å². The van der Waals surface area contributed by atoms with Crippen molar-refractivity contribution in [1.29, 1.82) is 0 Å². The zero-order chi connectivity index (χ0) is 19.7. The summed E-state index contributed by atoms with van der Waals surface area (Å²) in [7, 11) is -1.68. The van der Waals surface area contributed by atoms with E-state index in [1.807, 2.05) is 30.3 Å². The molecule has 9 nitrogen and oxygen atoms in total. The smallest absolute Gasteiger partial charge is 0.457 e. The second-order valence-corrected chi connectivity index (χ2v) is 7.14. The number of tetrazole rings is 1. The van der Waals surface area contributed by atoms with Gasteiger partial charge in [0.1, 0.15) is 12.6 Å². The average Bonchev–Trinajstić information content (AvgIpc) is 3.35. The lowest BCUT2D eigenvalue weighted by Gasteiger charge is -2.27. The van der Waals surface area contributed by atoms with Gasteiger partial charge < -0.3 is 20.1 Å². The molecule has 0 fully saturated rings. The van der Waals surface area contributed by atoms with Gasteiger partial charge in [0.25, 0.3) is 0 Å². The molecular formula is C17H16BN5O4S. The van der Waals surface area contributed by atoms with E-state index in [2.05, 4.69) is 20.8 Å². The number of ether oxygens (including phenoxy) is 1. The minimum Gasteiger partial charge on any atom is -0.457 e. The molecule has 28 heavy (non-hydrogen) atoms. The number of thiophene rings is 1. The summed E-state index contributed by atoms with van der Waals surface area (Å²) in [6, 6.07) is 10.2. The molecule has 2 aromatic heterocycles. The monoisotopic (exact) mass is 397 g/mol. The quantitative estimate of drug-likeness (QED) is 0.419. The summed E-state index contributed by atoms with van der Waals surface area (Å²) in [6.07, 6.45) is 0. The number of esters is 1. The lowest BCUT2D eigenvalue weighted by atomic mass is 9.78. The highest BCUT2D eigenvalue weighted by Gasteiger charge is 2.38. The maximum Gasteiger partial charge on any atom is 0.489 e. The summed E-state index contributed by atoms with van der Waals surface area (Å²) in [4.78, 5) is 13.5. The van der Waals surface area contributed by atoms with Crippen molar-refractivity contribution in [2.75, 3.05) is 5.32 Å². The SMILES string of the molecule is CC1=C(C(=O)OCc2ccccc2)C(c2sccc2B(O)O)n2nnnc2N1. The summed E-state index contributed by atoms with van der Waals surface area (Å²) in [5.41, 5.74) is 2.00. The Kier molecular flexibility index (Phi) is 4.94. The number of fused-ring (bicyclic) bond motifs is 1. The first-order valence-corrected chi connectivity index (χ1v) is 9.34. The van der Waals surface area contributed by atoms with E-state index >= 15 is 0 Å². The number of hydrogen-bond acceptors (Lipinski definition) is 9. The number of allylic oxidation sites excluding steroid dienone is 1. The van der Waals surface area contributed by atoms with Gasteiger partial charge in [-0.3, -0.25) is 0 Å². The van der Waals surface area contributed by atoms with Gasteiger partial charge in [-0.05, 0) is 33.8 Å². The molecule has 3 N–H and O–H groups in total. The van der Waals surface area contributed by atoms with Gasteiger partial charge in [-0.15, -0.1) is 11.3 Å². The van der Waals surface area contributed by atoms with Crippen LogP contribution in [0.25, 0.3) is 0 Å². The molecule has 11 heteroatoms. The molecule has 0 saturated heterocycles. The van der Waals surface area contributed by atoms with E-state index in [1.54, 1.807) is 18.4 Å². The molecule has 0 spiro atoms. The van der Waals surface area contributed by atoms with E-state index in [4.69, 9.17) is 4.74 Å². The molecule has 0 bridgehead atoms. The fraction of sp³-hybridized carbons (Fsp3) is 0.176. The van der Waals surface area contributed by atoms with Gasteiger partial charge in [-0.1, -0.05) is 41.5 Å². The Morgan fingerprint density at radius 2 is 2.11 bits per heavy atom. The van der Waals surface area contributed by atoms with Gasteiger partial charge in [0.15, 0.2) is 0 Å². The Morgan fingerprint density at radius 1 is 1.32 bits per heavy atom. The van der Waals surface area contributed by atoms with Crippen molar-refractivity contribution in [3.63, 3.8) is 0 Å². The summed E-state index contributed by atoms with van der Waals surface area (Å²) in [6.45, 7) is 1.85. The van der Waals surface area contributed by atoms with Crippen LogP contribution in [-0.4, -0.2) is 43.3 Å². The minimum atomic E-state index is -1.68. The van der Waals surface area contributed by atoms with E-state index in [-0.39, 0.29) is 6.61 Å². The number of carbonyl (C=O) groups excluding carboxylic acids is 1. The predicted octanol–water partition coefficient (Wildman–Crippen LogP) is 0.447. The molecule has 3 heterocycles. The van der Waals surface area contributed by atoms with Crippen molar-refractivity contribution < 1.29 is 19.6 Å². The molecule has 142 valence electrons. The molecule has 0 aliphatic carbocycles. The zero-order valence-corrected chi connectivity index (χ0v) is 15.6. The second kappa shape index (κ2) is 7.54. The summed E-state index contributed by atoms with van der Waals surface area (Å²) < 4.78 is 6.95. The van der Waals surface area contributed by atoms with Crippen LogP contribution in [0.2, 0.25) is 0 Å². The molecule has 4 rings (SSSR count). The van der Waals surface area contributed by atoms with Gasteiger partial charge in [-0.2, -0.15) is 4.68 Å². The fourth-order valence-corrected chi connectivity index (χ4v) is 4.10. The number of nitrogens with one attached hydrogen (secondary N) is 1. The van der Waals surface area contributed by atoms with Crippen molar-refractivity contribution in [1.82, 2.24) is 20.2 Å². The molecule has 1 unspecified atom stereocenters. The maximum atomic E-state index is 13.0. The standard InChI is InChI=1S/C17H16BN5O4S/c1-10-13(16(24)27-9-11-5-3-2-4-6-11)14(23-17(19-10)20-21-22-23)15-12(18(25)26)7-8-28-15/h2-8,14,25-26H,9H2,1H3,(H,19,20,22). The highest BCUT2D eigenvalue weighted by atomic mass is 32.1. The number of hydrogen-bond donors (Lipinski definition) is 3. The Hall–Kier alpha value is -3.02. The summed E-state index contributed by atoms with van der Waals surface area (Å²) in [5.74, 6) is -0.180. The number of benzene rings is 1. The zero-order valence-electron chi connectivity index (χ0n) is 14.8. The number of anilines is 1. The van der Waals surface area contributed by atoms with E-state index in [0.29, 0.717) is 27.6 Å². The molecule has 1 aliphatic rings. The molecule has 1 aliphatic heterocycles. The first kappa shape index (κ1) is 18.4. The third-order valence-electron chi connectivity index (χ3n) is 4.40. The molecule has 0 amide bonds. The molecular weight excluding hydrogens is 381 g/mol. The van der Waals surface area contributed by atoms with Crippen LogP contribution in [0, 0.1) is 0 Å². The van der Waals surface area contributed by atoms with Crippen molar-refractivity contribution in [3.05, 3.63) is 63.5 Å². The molecule has 0 saturated carbocycles. The normalized spacial score (nSPS) is 15.8. The van der Waals surface area contributed by atoms with Crippen LogP contribution in [0.5, 0.6) is 0 Å². The minimum absolute atomic E-state index is 0.117. The lowest BCUT2D eigenvalue weighted by molar-refractivity contribution is -0.140. The van der Waals surface area contributed by atoms with Crippen LogP contribution >= 0.6 is 11.3 Å². The van der Waals surface area contributed by atoms with E-state index in [0.717, 1.165) is 5.56 Å². The number of carbonyl (C=O) groups is 1. The van der Waals surface area contributed by atoms with Gasteiger partial charge in [0.05, 0.1) is 5.57 Å². The third kappa shape index (κ3) is 3.30. The molecule has 3 aromatic rings. The molecule has 1 aromatic carbocycles. The van der Waals surface area contributed by atoms with Crippen molar-refractivity contribution >= 4 is 35.8 Å². The third-order valence-corrected chi connectivity index (χ3v) is 5.39. The van der Waals surface area contributed by atoms with E-state index in [1.165, 1.54) is 16.0 Å². The van der Waals surface area contributed by atoms with Gasteiger partial charge >= 0.3 is 13.1 Å². The fourth-order valence-electron chi connectivity index (χ4n) is 3.09. The first-order chi connectivity index (χ1) is 13.6. The topological polar surface area (TPSA) is 122 Å². The van der Waals surface area contributed by atoms with Crippen molar-refractivity contribution in [3.8, 4) is 0 Å². The Morgan fingerprint density at radius 3 is 2.86 bits per heavy atom. The van der Waals surface area contributed by atoms with Crippen molar-refractivity contribution in [2.24, 2.45) is 0 Å². The van der Waals surface area contributed by atoms with Crippen LogP contribution in [0.4, 0.5) is 5.95 Å². The van der Waals surface area contributed by atoms with Gasteiger partial charge in [0, 0.05) is 10.6 Å². The highest BCUT2D eigenvalue weighted by Crippen LogP contribution is 2.36. The predicted molar refractivity (Wildman–Crippen MR) is 103 cm³/mol. The van der Waals surface area contributed by atoms with E-state index in [9.17, 15) is 14.8 Å². The average molecular weight is 397 g/mol. The first-order valence-electron chi connectivity index (χ1n) is 8.46. The van der Waals surface area contributed by atoms with Crippen LogP contribution in [0.3, 0.4) is 0 Å². The summed E-state index contributed by atoms with van der Waals surface area (Å²) >= 11 is 1.28. The largest absolute Gasteiger partial charge is 0.489 e. The molecule has 0 radical (unpaired) electrons. The Labute approximate surface area is 164 Å².